The van der Waals surface area contributed by atoms with Crippen LogP contribution in [0.4, 0.5) is 0 Å². The van der Waals surface area contributed by atoms with Crippen molar-refractivity contribution in [2.24, 2.45) is 5.92 Å². The summed E-state index contributed by atoms with van der Waals surface area (Å²) in [6.45, 7) is 2.89. The molecule has 0 unspecified atom stereocenters. The monoisotopic (exact) mass is 316 g/mol. The van der Waals surface area contributed by atoms with Gasteiger partial charge in [0.1, 0.15) is 0 Å². The average molecular weight is 316 g/mol. The molecule has 3 rings (SSSR count). The van der Waals surface area contributed by atoms with Gasteiger partial charge < -0.3 is 9.30 Å². The van der Waals surface area contributed by atoms with Crippen LogP contribution in [0.5, 0.6) is 0 Å². The second-order valence-electron chi connectivity index (χ2n) is 5.86. The molecule has 1 saturated heterocycles. The second-order valence-corrected chi connectivity index (χ2v) is 6.84. The normalized spacial score (nSPS) is 16.0. The maximum absolute atomic E-state index is 5.48. The Morgan fingerprint density at radius 1 is 1.23 bits per heavy atom. The standard InChI is InChI=1S/C18H24N2OS/c1-22-12-9-17-18(16-5-3-2-4-6-16)19-14-20(17)13-15-7-10-21-11-8-15/h2-6,14-15H,7-13H2,1H3. The second kappa shape index (κ2) is 7.84. The van der Waals surface area contributed by atoms with Crippen LogP contribution in [-0.2, 0) is 17.7 Å². The molecule has 118 valence electrons. The third-order valence-electron chi connectivity index (χ3n) is 4.33. The van der Waals surface area contributed by atoms with E-state index in [1.807, 2.05) is 18.1 Å². The Hall–Kier alpha value is -1.26. The van der Waals surface area contributed by atoms with Gasteiger partial charge in [-0.1, -0.05) is 30.3 Å². The van der Waals surface area contributed by atoms with Crippen LogP contribution < -0.4 is 0 Å². The predicted octanol–water partition coefficient (Wildman–Crippen LogP) is 3.88. The van der Waals surface area contributed by atoms with E-state index in [1.54, 1.807) is 0 Å². The van der Waals surface area contributed by atoms with E-state index in [-0.39, 0.29) is 0 Å². The van der Waals surface area contributed by atoms with Gasteiger partial charge in [0, 0.05) is 31.0 Å². The first-order chi connectivity index (χ1) is 10.9. The highest BCUT2D eigenvalue weighted by molar-refractivity contribution is 7.98. The minimum absolute atomic E-state index is 0.722. The van der Waals surface area contributed by atoms with Crippen molar-refractivity contribution in [2.75, 3.05) is 25.2 Å². The van der Waals surface area contributed by atoms with Crippen molar-refractivity contribution >= 4 is 11.8 Å². The molecule has 0 bridgehead atoms. The molecule has 2 heterocycles. The lowest BCUT2D eigenvalue weighted by Gasteiger charge is -2.23. The van der Waals surface area contributed by atoms with Crippen LogP contribution in [0.2, 0.25) is 0 Å². The van der Waals surface area contributed by atoms with Crippen molar-refractivity contribution in [3.63, 3.8) is 0 Å². The van der Waals surface area contributed by atoms with Gasteiger partial charge in [0.2, 0.25) is 0 Å². The fraction of sp³-hybridized carbons (Fsp3) is 0.500. The predicted molar refractivity (Wildman–Crippen MR) is 93.3 cm³/mol. The van der Waals surface area contributed by atoms with E-state index in [9.17, 15) is 0 Å². The molecule has 22 heavy (non-hydrogen) atoms. The maximum atomic E-state index is 5.48. The number of hydrogen-bond donors (Lipinski definition) is 0. The highest BCUT2D eigenvalue weighted by Crippen LogP contribution is 2.25. The topological polar surface area (TPSA) is 27.1 Å². The van der Waals surface area contributed by atoms with Gasteiger partial charge in [-0.15, -0.1) is 0 Å². The zero-order chi connectivity index (χ0) is 15.2. The molecule has 0 amide bonds. The average Bonchev–Trinajstić information content (AvgIpc) is 2.97. The first-order valence-corrected chi connectivity index (χ1v) is 9.44. The number of aromatic nitrogens is 2. The fourth-order valence-corrected chi connectivity index (χ4v) is 3.47. The van der Waals surface area contributed by atoms with Crippen molar-refractivity contribution in [1.82, 2.24) is 9.55 Å². The molecular weight excluding hydrogens is 292 g/mol. The van der Waals surface area contributed by atoms with Crippen molar-refractivity contribution in [1.29, 1.82) is 0 Å². The molecule has 1 fully saturated rings. The molecule has 0 saturated carbocycles. The molecule has 0 N–H and O–H groups in total. The molecule has 3 nitrogen and oxygen atoms in total. The molecule has 0 aliphatic carbocycles. The lowest BCUT2D eigenvalue weighted by atomic mass is 10.00. The summed E-state index contributed by atoms with van der Waals surface area (Å²) in [4.78, 5) is 4.73. The Morgan fingerprint density at radius 2 is 2.00 bits per heavy atom. The summed E-state index contributed by atoms with van der Waals surface area (Å²) in [6, 6.07) is 10.5. The van der Waals surface area contributed by atoms with Gasteiger partial charge in [-0.25, -0.2) is 4.98 Å². The summed E-state index contributed by atoms with van der Waals surface area (Å²) in [5.41, 5.74) is 3.76. The van der Waals surface area contributed by atoms with Gasteiger partial charge in [-0.05, 0) is 37.2 Å². The van der Waals surface area contributed by atoms with Crippen molar-refractivity contribution < 1.29 is 4.74 Å². The smallest absolute Gasteiger partial charge is 0.0956 e. The van der Waals surface area contributed by atoms with E-state index in [0.717, 1.165) is 43.5 Å². The van der Waals surface area contributed by atoms with Crippen LogP contribution in [0.15, 0.2) is 36.7 Å². The van der Waals surface area contributed by atoms with Crippen molar-refractivity contribution in [3.8, 4) is 11.3 Å². The van der Waals surface area contributed by atoms with E-state index < -0.39 is 0 Å². The van der Waals surface area contributed by atoms with Gasteiger partial charge in [-0.2, -0.15) is 11.8 Å². The minimum Gasteiger partial charge on any atom is -0.381 e. The number of nitrogens with zero attached hydrogens (tertiary/aromatic N) is 2. The van der Waals surface area contributed by atoms with E-state index in [0.29, 0.717) is 0 Å². The summed E-state index contributed by atoms with van der Waals surface area (Å²) in [5.74, 6) is 1.86. The number of rotatable bonds is 6. The molecule has 1 aliphatic rings. The highest BCUT2D eigenvalue weighted by Gasteiger charge is 2.18. The zero-order valence-corrected chi connectivity index (χ0v) is 14.0. The highest BCUT2D eigenvalue weighted by atomic mass is 32.2. The van der Waals surface area contributed by atoms with Crippen LogP contribution in [-0.4, -0.2) is 34.8 Å². The van der Waals surface area contributed by atoms with Crippen LogP contribution in [0.3, 0.4) is 0 Å². The molecule has 4 heteroatoms. The molecule has 1 aromatic carbocycles. The Labute approximate surface area is 137 Å². The fourth-order valence-electron chi connectivity index (χ4n) is 3.07. The van der Waals surface area contributed by atoms with Crippen LogP contribution in [0.1, 0.15) is 18.5 Å². The first kappa shape index (κ1) is 15.6. The quantitative estimate of drug-likeness (QED) is 0.809. The number of imidazole rings is 1. The first-order valence-electron chi connectivity index (χ1n) is 8.04. The van der Waals surface area contributed by atoms with Crippen molar-refractivity contribution in [2.45, 2.75) is 25.8 Å². The third kappa shape index (κ3) is 3.73. The summed E-state index contributed by atoms with van der Waals surface area (Å²) in [6.07, 6.45) is 7.62. The molecule has 0 radical (unpaired) electrons. The van der Waals surface area contributed by atoms with Gasteiger partial charge in [0.25, 0.3) is 0 Å². The Kier molecular flexibility index (Phi) is 5.57. The summed E-state index contributed by atoms with van der Waals surface area (Å²) >= 11 is 1.90. The third-order valence-corrected chi connectivity index (χ3v) is 4.94. The number of benzene rings is 1. The maximum Gasteiger partial charge on any atom is 0.0956 e. The van der Waals surface area contributed by atoms with Crippen LogP contribution in [0, 0.1) is 5.92 Å². The Morgan fingerprint density at radius 3 is 2.73 bits per heavy atom. The summed E-state index contributed by atoms with van der Waals surface area (Å²) < 4.78 is 7.86. The molecule has 2 aromatic rings. The van der Waals surface area contributed by atoms with Crippen LogP contribution >= 0.6 is 11.8 Å². The number of thioether (sulfide) groups is 1. The van der Waals surface area contributed by atoms with E-state index >= 15 is 0 Å². The van der Waals surface area contributed by atoms with E-state index in [2.05, 4.69) is 41.2 Å². The Bertz CT molecular complexity index is 576. The lowest BCUT2D eigenvalue weighted by molar-refractivity contribution is 0.0610. The van der Waals surface area contributed by atoms with Gasteiger partial charge in [0.15, 0.2) is 0 Å². The van der Waals surface area contributed by atoms with Crippen LogP contribution in [0.25, 0.3) is 11.3 Å². The Balaban J connectivity index is 1.84. The number of hydrogen-bond acceptors (Lipinski definition) is 3. The minimum atomic E-state index is 0.722. The largest absolute Gasteiger partial charge is 0.381 e. The SMILES string of the molecule is CSCCc1c(-c2ccccc2)ncn1CC1CCOCC1. The molecule has 0 spiro atoms. The summed E-state index contributed by atoms with van der Waals surface area (Å²) in [7, 11) is 0. The molecule has 1 aliphatic heterocycles. The zero-order valence-electron chi connectivity index (χ0n) is 13.2. The van der Waals surface area contributed by atoms with E-state index in [4.69, 9.17) is 9.72 Å². The molecule has 1 aromatic heterocycles. The number of ether oxygens (including phenoxy) is 1. The van der Waals surface area contributed by atoms with Crippen molar-refractivity contribution in [3.05, 3.63) is 42.4 Å². The van der Waals surface area contributed by atoms with E-state index in [1.165, 1.54) is 24.1 Å². The summed E-state index contributed by atoms with van der Waals surface area (Å²) in [5, 5.41) is 0. The van der Waals surface area contributed by atoms with Gasteiger partial charge >= 0.3 is 0 Å². The molecule has 0 atom stereocenters. The molecular formula is C18H24N2OS. The van der Waals surface area contributed by atoms with Gasteiger partial charge in [0.05, 0.1) is 12.0 Å². The lowest BCUT2D eigenvalue weighted by Crippen LogP contribution is -2.21. The van der Waals surface area contributed by atoms with Gasteiger partial charge in [-0.3, -0.25) is 0 Å².